The maximum atomic E-state index is 14.7. The molecule has 17 nitrogen and oxygen atoms in total. The maximum Gasteiger partial charge on any atom is 0.399 e. The Balaban J connectivity index is 0.905. The second-order valence-electron chi connectivity index (χ2n) is 18.6. The number of benzene rings is 3. The van der Waals surface area contributed by atoms with Crippen LogP contribution in [0.25, 0.3) is 20.3 Å². The molecule has 22 heteroatoms. The molecule has 2 aromatic heterocycles. The minimum absolute atomic E-state index is 0.0283. The summed E-state index contributed by atoms with van der Waals surface area (Å²) in [6.45, 7) is 5.93. The van der Waals surface area contributed by atoms with Crippen LogP contribution in [0.4, 0.5) is 14.5 Å². The Hall–Kier alpha value is -6.43. The van der Waals surface area contributed by atoms with Gasteiger partial charge in [-0.25, -0.2) is 4.98 Å². The van der Waals surface area contributed by atoms with Gasteiger partial charge in [-0.05, 0) is 90.6 Å². The van der Waals surface area contributed by atoms with Gasteiger partial charge in [-0.2, -0.15) is 8.78 Å². The Labute approximate surface area is 414 Å². The second-order valence-corrected chi connectivity index (χ2v) is 22.3. The molecule has 7 amide bonds. The number of nitrogens with one attached hydrogen (secondary N) is 3. The van der Waals surface area contributed by atoms with Crippen molar-refractivity contribution in [3.63, 3.8) is 0 Å². The number of unbranched alkanes of at least 4 members (excludes halogenated alkanes) is 1. The molecule has 5 aromatic rings. The Kier molecular flexibility index (Phi) is 14.6. The van der Waals surface area contributed by atoms with Crippen molar-refractivity contribution in [2.45, 2.75) is 96.1 Å². The van der Waals surface area contributed by atoms with Crippen LogP contribution in [0.1, 0.15) is 102 Å². The van der Waals surface area contributed by atoms with E-state index in [1.807, 2.05) is 6.07 Å². The van der Waals surface area contributed by atoms with Crippen LogP contribution < -0.4 is 20.9 Å². The highest BCUT2D eigenvalue weighted by molar-refractivity contribution is 7.52. The van der Waals surface area contributed by atoms with Crippen LogP contribution >= 0.6 is 30.3 Å². The molecule has 8 rings (SSSR count). The molecule has 0 spiro atoms. The first-order chi connectivity index (χ1) is 33.6. The lowest BCUT2D eigenvalue weighted by Gasteiger charge is -2.36. The molecule has 5 N–H and O–H groups in total. The summed E-state index contributed by atoms with van der Waals surface area (Å²) in [4.78, 5) is 121. The van der Waals surface area contributed by atoms with Gasteiger partial charge in [0.1, 0.15) is 18.1 Å². The third kappa shape index (κ3) is 10.8. The Bertz CT molecular complexity index is 3100. The lowest BCUT2D eigenvalue weighted by atomic mass is 9.85. The number of rotatable bonds is 14. The van der Waals surface area contributed by atoms with Crippen molar-refractivity contribution in [2.75, 3.05) is 24.5 Å². The van der Waals surface area contributed by atoms with E-state index in [1.54, 1.807) is 56.6 Å². The molecule has 5 heterocycles. The summed E-state index contributed by atoms with van der Waals surface area (Å²) in [7, 11) is -5.84. The van der Waals surface area contributed by atoms with Gasteiger partial charge in [0, 0.05) is 72.5 Å². The summed E-state index contributed by atoms with van der Waals surface area (Å²) in [6.07, 6.45) is 2.06. The number of aromatic nitrogens is 1. The monoisotopic (exact) mass is 1030 g/mol. The highest BCUT2D eigenvalue weighted by Crippen LogP contribution is 2.59. The third-order valence-corrected chi connectivity index (χ3v) is 15.6. The van der Waals surface area contributed by atoms with Gasteiger partial charge >= 0.3 is 13.3 Å². The van der Waals surface area contributed by atoms with E-state index in [1.165, 1.54) is 38.2 Å². The van der Waals surface area contributed by atoms with Crippen LogP contribution in [0, 0.1) is 17.3 Å². The summed E-state index contributed by atoms with van der Waals surface area (Å²) in [5.74, 6) is 3.16. The minimum Gasteiger partial charge on any atom is -0.356 e. The number of piperidine rings is 1. The molecule has 3 aromatic carbocycles. The lowest BCUT2D eigenvalue weighted by molar-refractivity contribution is -0.141. The van der Waals surface area contributed by atoms with Gasteiger partial charge < -0.3 is 35.1 Å². The number of amides is 7. The summed E-state index contributed by atoms with van der Waals surface area (Å²) in [5, 5.41) is 8.16. The minimum atomic E-state index is -5.84. The normalized spacial score (nSPS) is 17.7. The molecule has 0 radical (unpaired) electrons. The predicted octanol–water partition coefficient (Wildman–Crippen LogP) is 6.01. The number of likely N-dealkylation sites (tertiary alicyclic amines) is 1. The smallest absolute Gasteiger partial charge is 0.356 e. The van der Waals surface area contributed by atoms with Crippen LogP contribution in [0.5, 0.6) is 0 Å². The average Bonchev–Trinajstić information content (AvgIpc) is 4.15. The van der Waals surface area contributed by atoms with Crippen LogP contribution in [0.2, 0.25) is 0 Å². The summed E-state index contributed by atoms with van der Waals surface area (Å²) < 4.78 is 41.8. The molecule has 0 aliphatic carbocycles. The molecule has 0 bridgehead atoms. The van der Waals surface area contributed by atoms with Crippen LogP contribution in [-0.2, 0) is 40.7 Å². The third-order valence-electron chi connectivity index (χ3n) is 12.7. The number of alkyl halides is 2. The molecular weight excluding hydrogens is 980 g/mol. The molecule has 2 saturated heterocycles. The number of nitrogens with zero attached hydrogens (tertiary/aromatic N) is 4. The van der Waals surface area contributed by atoms with Crippen molar-refractivity contribution >= 4 is 97.6 Å². The van der Waals surface area contributed by atoms with Gasteiger partial charge in [0.25, 0.3) is 11.8 Å². The number of carbonyl (C=O) groups excluding carboxylic acids is 7. The molecule has 3 atom stereocenters. The SMILES string of the molecule is CC(C)(C)[C@H](NC(=O)c1cc2cc(C(F)(F)P(=O)(O)O)ccc2s1)C(=O)N1CCC[C@H]1C(=O)N(CCC(=O)NCCCC#Cc1cccc2c1CN(C1CCC(=O)NC1=O)C2=O)c1ccc2scnc2c1. The predicted molar refractivity (Wildman–Crippen MR) is 261 cm³/mol. The van der Waals surface area contributed by atoms with E-state index in [2.05, 4.69) is 32.8 Å². The lowest BCUT2D eigenvalue weighted by Crippen LogP contribution is -2.58. The van der Waals surface area contributed by atoms with Gasteiger partial charge in [-0.1, -0.05) is 44.7 Å². The number of thiophene rings is 1. The zero-order chi connectivity index (χ0) is 51.0. The van der Waals surface area contributed by atoms with E-state index in [0.29, 0.717) is 64.8 Å². The first-order valence-electron chi connectivity index (χ1n) is 22.9. The fourth-order valence-corrected chi connectivity index (χ4v) is 11.0. The highest BCUT2D eigenvalue weighted by Gasteiger charge is 2.50. The first kappa shape index (κ1) is 50.9. The topological polar surface area (TPSA) is 236 Å². The van der Waals surface area contributed by atoms with Gasteiger partial charge in [-0.3, -0.25) is 43.4 Å². The fraction of sp³-hybridized carbons (Fsp3) is 0.388. The second kappa shape index (κ2) is 20.4. The number of thiazole rings is 1. The molecule has 3 aliphatic rings. The largest absolute Gasteiger partial charge is 0.399 e. The van der Waals surface area contributed by atoms with Crippen molar-refractivity contribution in [3.05, 3.63) is 93.3 Å². The number of hydrogen-bond acceptors (Lipinski definition) is 11. The number of halogens is 2. The van der Waals surface area contributed by atoms with E-state index in [9.17, 15) is 56.7 Å². The van der Waals surface area contributed by atoms with Crippen LogP contribution in [0.3, 0.4) is 0 Å². The van der Waals surface area contributed by atoms with Crippen molar-refractivity contribution in [1.29, 1.82) is 0 Å². The van der Waals surface area contributed by atoms with Crippen molar-refractivity contribution in [2.24, 2.45) is 5.41 Å². The van der Waals surface area contributed by atoms with Gasteiger partial charge in [0.15, 0.2) is 0 Å². The Morgan fingerprint density at radius 1 is 1.03 bits per heavy atom. The maximum absolute atomic E-state index is 14.7. The van der Waals surface area contributed by atoms with E-state index >= 15 is 0 Å². The molecule has 71 heavy (non-hydrogen) atoms. The van der Waals surface area contributed by atoms with E-state index < -0.39 is 66.0 Å². The number of fused-ring (bicyclic) bond motifs is 3. The molecule has 2 fully saturated rings. The summed E-state index contributed by atoms with van der Waals surface area (Å²) in [6, 6.07) is 12.1. The van der Waals surface area contributed by atoms with Gasteiger partial charge in [0.2, 0.25) is 29.5 Å². The molecule has 0 saturated carbocycles. The standard InChI is InChI=1S/C49H50F2N7O10PS2/c1-48(2,3)42(55-44(62)39-24-29-23-30(13-16-37(29)71-39)49(50,51)69(66,67)68)47(65)57-21-8-12-36(57)46(64)56(31-14-17-38-34(25-31)53-27-70-38)22-19-40(59)52-20-6-4-5-9-28-10-7-11-32-33(28)26-58(45(32)63)35-15-18-41(60)54-43(35)61/h7,10-11,13-14,16-17,23-25,27,35-36,42H,4,6,8,12,15,18-22,26H2,1-3H3,(H,52,59)(H,55,62)(H,54,60,61)(H2,66,67,68)/t35?,36-,42+/m0/s1. The van der Waals surface area contributed by atoms with Crippen LogP contribution in [-0.4, -0.2) is 104 Å². The molecule has 372 valence electrons. The molecular formula is C49H50F2N7O10PS2. The average molecular weight is 1030 g/mol. The fourth-order valence-electron chi connectivity index (χ4n) is 8.94. The number of hydrogen-bond donors (Lipinski definition) is 5. The zero-order valence-corrected chi connectivity index (χ0v) is 41.4. The summed E-state index contributed by atoms with van der Waals surface area (Å²) in [5.41, 5.74) is -1.58. The van der Waals surface area contributed by atoms with E-state index in [0.717, 1.165) is 28.2 Å². The van der Waals surface area contributed by atoms with Crippen molar-refractivity contribution in [1.82, 2.24) is 30.7 Å². The number of anilines is 1. The zero-order valence-electron chi connectivity index (χ0n) is 38.8. The van der Waals surface area contributed by atoms with Gasteiger partial charge in [0.05, 0.1) is 20.6 Å². The number of carbonyl (C=O) groups is 7. The Morgan fingerprint density at radius 2 is 1.80 bits per heavy atom. The van der Waals surface area contributed by atoms with Gasteiger partial charge in [-0.15, -0.1) is 22.7 Å². The Morgan fingerprint density at radius 3 is 2.55 bits per heavy atom. The quantitative estimate of drug-likeness (QED) is 0.0374. The van der Waals surface area contributed by atoms with Crippen LogP contribution in [0.15, 0.2) is 66.2 Å². The van der Waals surface area contributed by atoms with Crippen molar-refractivity contribution < 1.29 is 56.7 Å². The highest BCUT2D eigenvalue weighted by atomic mass is 32.1. The van der Waals surface area contributed by atoms with Crippen molar-refractivity contribution in [3.8, 4) is 11.8 Å². The summed E-state index contributed by atoms with van der Waals surface area (Å²) >= 11 is 2.38. The molecule has 3 aliphatic heterocycles. The first-order valence-corrected chi connectivity index (χ1v) is 26.2. The van der Waals surface area contributed by atoms with E-state index in [-0.39, 0.29) is 66.9 Å². The molecule has 1 unspecified atom stereocenters. The number of imide groups is 1. The van der Waals surface area contributed by atoms with E-state index in [4.69, 9.17) is 0 Å².